The first kappa shape index (κ1) is 35.4. The third-order valence-electron chi connectivity index (χ3n) is 7.21. The van der Waals surface area contributed by atoms with E-state index in [-0.39, 0.29) is 17.8 Å². The van der Waals surface area contributed by atoms with Crippen LogP contribution < -0.4 is 10.8 Å². The summed E-state index contributed by atoms with van der Waals surface area (Å²) in [6.07, 6.45) is 22.2. The molecule has 0 aliphatic carbocycles. The van der Waals surface area contributed by atoms with Crippen LogP contribution in [-0.4, -0.2) is 41.0 Å². The number of amides is 4. The highest BCUT2D eigenvalue weighted by Crippen LogP contribution is 2.24. The van der Waals surface area contributed by atoms with E-state index in [0.717, 1.165) is 51.4 Å². The van der Waals surface area contributed by atoms with Crippen molar-refractivity contribution in [2.45, 2.75) is 156 Å². The highest BCUT2D eigenvalue weighted by molar-refractivity contribution is 5.94. The topological polar surface area (TPSA) is 98.7 Å². The molecule has 0 radical (unpaired) electrons. The lowest BCUT2D eigenvalue weighted by atomic mass is 9.86. The second kappa shape index (κ2) is 23.5. The minimum atomic E-state index is -0.489. The molecule has 0 unspecified atom stereocenters. The van der Waals surface area contributed by atoms with Gasteiger partial charge in [0.15, 0.2) is 0 Å². The maximum atomic E-state index is 12.5. The molecule has 0 saturated heterocycles. The van der Waals surface area contributed by atoms with Crippen LogP contribution in [0.4, 0.5) is 4.79 Å². The Labute approximate surface area is 227 Å². The smallest absolute Gasteiger partial charge is 0.324 e. The number of rotatable bonds is 24. The van der Waals surface area contributed by atoms with Gasteiger partial charge in [-0.3, -0.25) is 19.7 Å². The molecular weight excluding hydrogens is 466 g/mol. The molecule has 0 saturated carbocycles. The number of imide groups is 1. The predicted molar refractivity (Wildman–Crippen MR) is 153 cm³/mol. The molecule has 37 heavy (non-hydrogen) atoms. The van der Waals surface area contributed by atoms with E-state index in [1.807, 2.05) is 20.8 Å². The number of unbranched alkanes of at least 4 members (excludes halogenated alkanes) is 15. The first-order valence-electron chi connectivity index (χ1n) is 15.3. The quantitative estimate of drug-likeness (QED) is 0.0677. The Bertz CT molecular complexity index is 595. The monoisotopic (exact) mass is 525 g/mol. The number of hydrogen-bond acceptors (Lipinski definition) is 4. The molecule has 0 heterocycles. The van der Waals surface area contributed by atoms with Crippen LogP contribution in [0.2, 0.25) is 0 Å². The fraction of sp³-hybridized carbons (Fsp3) is 0.900. The van der Waals surface area contributed by atoms with E-state index in [4.69, 9.17) is 5.21 Å². The largest absolute Gasteiger partial charge is 0.338 e. The van der Waals surface area contributed by atoms with Gasteiger partial charge < -0.3 is 5.32 Å². The summed E-state index contributed by atoms with van der Waals surface area (Å²) >= 11 is 0. The van der Waals surface area contributed by atoms with Crippen molar-refractivity contribution in [2.24, 2.45) is 5.41 Å². The summed E-state index contributed by atoms with van der Waals surface area (Å²) in [5.41, 5.74) is 1.28. The van der Waals surface area contributed by atoms with Gasteiger partial charge in [0.2, 0.25) is 11.8 Å². The molecule has 0 aromatic carbocycles. The maximum absolute atomic E-state index is 12.5. The normalized spacial score (nSPS) is 11.4. The van der Waals surface area contributed by atoms with Crippen molar-refractivity contribution in [2.75, 3.05) is 13.1 Å². The van der Waals surface area contributed by atoms with Gasteiger partial charge in [-0.25, -0.2) is 10.3 Å². The number of carbonyl (C=O) groups is 3. The zero-order valence-electron chi connectivity index (χ0n) is 24.7. The molecule has 0 bridgehead atoms. The molecule has 4 amide bonds. The molecule has 0 fully saturated rings. The van der Waals surface area contributed by atoms with E-state index < -0.39 is 5.41 Å². The fourth-order valence-electron chi connectivity index (χ4n) is 4.57. The van der Waals surface area contributed by atoms with Gasteiger partial charge >= 0.3 is 6.03 Å². The molecule has 0 aliphatic heterocycles. The van der Waals surface area contributed by atoms with Crippen molar-refractivity contribution < 1.29 is 19.6 Å². The molecule has 7 nitrogen and oxygen atoms in total. The Morgan fingerprint density at radius 2 is 1.14 bits per heavy atom. The van der Waals surface area contributed by atoms with Crippen LogP contribution in [0.25, 0.3) is 0 Å². The Kier molecular flexibility index (Phi) is 22.4. The van der Waals surface area contributed by atoms with Crippen LogP contribution >= 0.6 is 0 Å². The van der Waals surface area contributed by atoms with Crippen LogP contribution in [-0.2, 0) is 9.59 Å². The molecule has 0 rings (SSSR count). The standard InChI is InChI=1S/C30H59N3O4/c1-5-7-25-31-29(36)33(26-6-2)27(34)23-21-19-17-15-13-11-9-8-10-12-14-16-18-20-22-24-30(3,4)28(35)32-37/h37H,5-26H2,1-4H3,(H,31,36)(H,32,35). The summed E-state index contributed by atoms with van der Waals surface area (Å²) in [4.78, 5) is 37.7. The second-order valence-corrected chi connectivity index (χ2v) is 11.3. The van der Waals surface area contributed by atoms with Gasteiger partial charge in [0.05, 0.1) is 0 Å². The molecule has 0 aromatic rings. The molecule has 0 aliphatic rings. The van der Waals surface area contributed by atoms with Gasteiger partial charge in [0.25, 0.3) is 0 Å². The number of urea groups is 1. The zero-order valence-corrected chi connectivity index (χ0v) is 24.7. The Balaban J connectivity index is 3.56. The Morgan fingerprint density at radius 3 is 1.57 bits per heavy atom. The minimum Gasteiger partial charge on any atom is -0.338 e. The molecule has 0 atom stereocenters. The van der Waals surface area contributed by atoms with Crippen molar-refractivity contribution in [3.8, 4) is 0 Å². The summed E-state index contributed by atoms with van der Waals surface area (Å²) in [7, 11) is 0. The van der Waals surface area contributed by atoms with Gasteiger partial charge in [0, 0.05) is 24.9 Å². The van der Waals surface area contributed by atoms with Crippen LogP contribution in [0.5, 0.6) is 0 Å². The van der Waals surface area contributed by atoms with E-state index in [1.165, 1.54) is 75.5 Å². The van der Waals surface area contributed by atoms with E-state index >= 15 is 0 Å². The van der Waals surface area contributed by atoms with E-state index in [1.54, 1.807) is 5.48 Å². The van der Waals surface area contributed by atoms with Gasteiger partial charge in [-0.15, -0.1) is 0 Å². The number of carbonyl (C=O) groups excluding carboxylic acids is 3. The Morgan fingerprint density at radius 1 is 0.676 bits per heavy atom. The highest BCUT2D eigenvalue weighted by Gasteiger charge is 2.26. The van der Waals surface area contributed by atoms with E-state index in [0.29, 0.717) is 19.5 Å². The van der Waals surface area contributed by atoms with Crippen molar-refractivity contribution in [3.05, 3.63) is 0 Å². The first-order chi connectivity index (χ1) is 17.8. The number of nitrogens with zero attached hydrogens (tertiary/aromatic N) is 1. The third-order valence-corrected chi connectivity index (χ3v) is 7.21. The summed E-state index contributed by atoms with van der Waals surface area (Å²) < 4.78 is 0. The molecular formula is C30H59N3O4. The molecule has 3 N–H and O–H groups in total. The molecule has 218 valence electrons. The molecule has 0 aromatic heterocycles. The van der Waals surface area contributed by atoms with Crippen molar-refractivity contribution in [1.29, 1.82) is 0 Å². The van der Waals surface area contributed by atoms with Crippen LogP contribution in [0.3, 0.4) is 0 Å². The van der Waals surface area contributed by atoms with Crippen LogP contribution in [0.15, 0.2) is 0 Å². The van der Waals surface area contributed by atoms with Crippen LogP contribution in [0, 0.1) is 5.41 Å². The van der Waals surface area contributed by atoms with E-state index in [2.05, 4.69) is 12.2 Å². The SMILES string of the molecule is CCCCNC(=O)N(CCC)C(=O)CCCCCCCCCCCCCCCCCC(C)(C)C(=O)NO. The first-order valence-corrected chi connectivity index (χ1v) is 15.3. The zero-order chi connectivity index (χ0) is 27.8. The number of nitrogens with one attached hydrogen (secondary N) is 2. The molecule has 0 spiro atoms. The minimum absolute atomic E-state index is 0.0353. The average Bonchev–Trinajstić information content (AvgIpc) is 2.88. The van der Waals surface area contributed by atoms with Gasteiger partial charge in [-0.1, -0.05) is 124 Å². The lowest BCUT2D eigenvalue weighted by Gasteiger charge is -2.21. The van der Waals surface area contributed by atoms with Gasteiger partial charge in [0.1, 0.15) is 0 Å². The maximum Gasteiger partial charge on any atom is 0.324 e. The fourth-order valence-corrected chi connectivity index (χ4v) is 4.57. The lowest BCUT2D eigenvalue weighted by molar-refractivity contribution is -0.138. The van der Waals surface area contributed by atoms with Crippen LogP contribution in [0.1, 0.15) is 156 Å². The lowest BCUT2D eigenvalue weighted by Crippen LogP contribution is -2.44. The summed E-state index contributed by atoms with van der Waals surface area (Å²) in [6, 6.07) is -0.230. The predicted octanol–water partition coefficient (Wildman–Crippen LogP) is 7.90. The van der Waals surface area contributed by atoms with Gasteiger partial charge in [-0.05, 0) is 25.7 Å². The summed E-state index contributed by atoms with van der Waals surface area (Å²) in [5, 5.41) is 11.6. The van der Waals surface area contributed by atoms with Crippen molar-refractivity contribution >= 4 is 17.8 Å². The summed E-state index contributed by atoms with van der Waals surface area (Å²) in [6.45, 7) is 8.97. The van der Waals surface area contributed by atoms with E-state index in [9.17, 15) is 14.4 Å². The van der Waals surface area contributed by atoms with Gasteiger partial charge in [-0.2, -0.15) is 0 Å². The highest BCUT2D eigenvalue weighted by atomic mass is 16.5. The third kappa shape index (κ3) is 19.1. The van der Waals surface area contributed by atoms with Crippen molar-refractivity contribution in [1.82, 2.24) is 15.7 Å². The van der Waals surface area contributed by atoms with Crippen molar-refractivity contribution in [3.63, 3.8) is 0 Å². The number of hydroxylamine groups is 1. The molecule has 7 heteroatoms. The average molecular weight is 526 g/mol. The Hall–Kier alpha value is -1.63. The second-order valence-electron chi connectivity index (χ2n) is 11.3. The summed E-state index contributed by atoms with van der Waals surface area (Å²) in [5.74, 6) is -0.328. The number of hydrogen-bond donors (Lipinski definition) is 3.